The van der Waals surface area contributed by atoms with E-state index < -0.39 is 60.1 Å². The van der Waals surface area contributed by atoms with Crippen LogP contribution in [0.15, 0.2) is 30.3 Å². The first kappa shape index (κ1) is 38.5. The highest BCUT2D eigenvalue weighted by atomic mass is 16.9. The van der Waals surface area contributed by atoms with Crippen molar-refractivity contribution in [3.63, 3.8) is 0 Å². The van der Waals surface area contributed by atoms with Crippen molar-refractivity contribution in [1.29, 1.82) is 0 Å². The summed E-state index contributed by atoms with van der Waals surface area (Å²) in [6, 6.07) is 4.21. The van der Waals surface area contributed by atoms with Gasteiger partial charge in [-0.1, -0.05) is 76.8 Å². The molecule has 5 amide bonds. The SMILES string of the molecule is CCCC(NC(=O)[C@@H]1CCCN1C(=O)C(NN([O-])OCC(C)C)C1CCCCC1)C(=O)C(=O)NCC(=O)NC(C(N)=O)c1ccccc1. The van der Waals surface area contributed by atoms with Crippen LogP contribution in [0.4, 0.5) is 0 Å². The number of likely N-dealkylation sites (tertiary alicyclic amines) is 1. The van der Waals surface area contributed by atoms with Crippen LogP contribution in [0.1, 0.15) is 90.2 Å². The number of nitrogens with zero attached hydrogens (tertiary/aromatic N) is 2. The number of hydrogen-bond donors (Lipinski definition) is 5. The molecular weight excluding hydrogens is 622 g/mol. The highest BCUT2D eigenvalue weighted by molar-refractivity contribution is 6.38. The van der Waals surface area contributed by atoms with E-state index in [4.69, 9.17) is 10.6 Å². The average Bonchev–Trinajstić information content (AvgIpc) is 3.58. The molecule has 3 rings (SSSR count). The first-order chi connectivity index (χ1) is 22.9. The third-order valence-corrected chi connectivity index (χ3v) is 8.56. The van der Waals surface area contributed by atoms with Crippen molar-refractivity contribution in [2.75, 3.05) is 19.7 Å². The topological polar surface area (TPSA) is 215 Å². The van der Waals surface area contributed by atoms with Gasteiger partial charge in [-0.05, 0) is 49.5 Å². The molecule has 0 aromatic heterocycles. The number of Topliss-reactive ketones (excluding diaryl/α,β-unsaturated/α-hetero) is 1. The molecule has 0 radical (unpaired) electrons. The molecule has 4 atom stereocenters. The van der Waals surface area contributed by atoms with Crippen molar-refractivity contribution >= 4 is 35.3 Å². The van der Waals surface area contributed by atoms with E-state index in [0.29, 0.717) is 31.4 Å². The lowest BCUT2D eigenvalue weighted by molar-refractivity contribution is -0.182. The second kappa shape index (κ2) is 19.2. The van der Waals surface area contributed by atoms with Crippen LogP contribution in [-0.4, -0.2) is 83.4 Å². The van der Waals surface area contributed by atoms with Crippen molar-refractivity contribution in [1.82, 2.24) is 31.6 Å². The van der Waals surface area contributed by atoms with Crippen molar-refractivity contribution in [2.24, 2.45) is 17.6 Å². The summed E-state index contributed by atoms with van der Waals surface area (Å²) < 4.78 is 0. The Morgan fingerprint density at radius 2 is 1.69 bits per heavy atom. The molecule has 0 spiro atoms. The van der Waals surface area contributed by atoms with Gasteiger partial charge in [0, 0.05) is 6.54 Å². The van der Waals surface area contributed by atoms with Gasteiger partial charge in [0.05, 0.1) is 19.2 Å². The second-order valence-corrected chi connectivity index (χ2v) is 12.9. The van der Waals surface area contributed by atoms with Crippen LogP contribution < -0.4 is 27.1 Å². The molecule has 1 aliphatic heterocycles. The molecule has 6 N–H and O–H groups in total. The van der Waals surface area contributed by atoms with E-state index in [1.54, 1.807) is 37.3 Å². The van der Waals surface area contributed by atoms with E-state index in [9.17, 15) is 34.0 Å². The minimum Gasteiger partial charge on any atom is -0.748 e. The number of nitrogens with two attached hydrogens (primary N) is 1. The van der Waals surface area contributed by atoms with Crippen molar-refractivity contribution in [3.8, 4) is 0 Å². The number of hydrogen-bond acceptors (Lipinski definition) is 10. The minimum atomic E-state index is -1.19. The highest BCUT2D eigenvalue weighted by Crippen LogP contribution is 2.29. The second-order valence-electron chi connectivity index (χ2n) is 12.9. The van der Waals surface area contributed by atoms with Crippen LogP contribution in [0.25, 0.3) is 0 Å². The summed E-state index contributed by atoms with van der Waals surface area (Å²) in [6.45, 7) is 5.44. The molecule has 2 aliphatic rings. The van der Waals surface area contributed by atoms with Gasteiger partial charge in [-0.2, -0.15) is 5.34 Å². The molecule has 2 fully saturated rings. The van der Waals surface area contributed by atoms with E-state index in [-0.39, 0.29) is 36.1 Å². The lowest BCUT2D eigenvalue weighted by Gasteiger charge is -2.39. The predicted octanol–water partition coefficient (Wildman–Crippen LogP) is 1.13. The van der Waals surface area contributed by atoms with E-state index in [1.807, 2.05) is 13.8 Å². The Labute approximate surface area is 281 Å². The van der Waals surface area contributed by atoms with Gasteiger partial charge in [0.2, 0.25) is 29.4 Å². The lowest BCUT2D eigenvalue weighted by Crippen LogP contribution is -2.59. The smallest absolute Gasteiger partial charge is 0.290 e. The van der Waals surface area contributed by atoms with E-state index in [1.165, 1.54) is 4.90 Å². The summed E-state index contributed by atoms with van der Waals surface area (Å²) in [5.41, 5.74) is 8.58. The first-order valence-electron chi connectivity index (χ1n) is 16.9. The Balaban J connectivity index is 1.63. The van der Waals surface area contributed by atoms with Crippen LogP contribution in [0.3, 0.4) is 0 Å². The summed E-state index contributed by atoms with van der Waals surface area (Å²) in [5.74, 6) is -4.56. The number of benzene rings is 1. The fourth-order valence-electron chi connectivity index (χ4n) is 6.09. The van der Waals surface area contributed by atoms with E-state index in [2.05, 4.69) is 21.4 Å². The van der Waals surface area contributed by atoms with Crippen molar-refractivity contribution < 1.29 is 33.6 Å². The fourth-order valence-corrected chi connectivity index (χ4v) is 6.09. The van der Waals surface area contributed by atoms with Gasteiger partial charge in [0.15, 0.2) is 0 Å². The van der Waals surface area contributed by atoms with Crippen LogP contribution in [-0.2, 0) is 33.6 Å². The molecule has 1 aromatic carbocycles. The Morgan fingerprint density at radius 3 is 2.31 bits per heavy atom. The van der Waals surface area contributed by atoms with Gasteiger partial charge < -0.3 is 31.8 Å². The van der Waals surface area contributed by atoms with E-state index >= 15 is 0 Å². The fraction of sp³-hybridized carbons (Fsp3) is 0.636. The predicted molar refractivity (Wildman–Crippen MR) is 176 cm³/mol. The van der Waals surface area contributed by atoms with Gasteiger partial charge in [-0.3, -0.25) is 33.6 Å². The van der Waals surface area contributed by atoms with Crippen LogP contribution in [0.5, 0.6) is 0 Å². The number of ketones is 1. The Kier molecular flexibility index (Phi) is 15.4. The first-order valence-corrected chi connectivity index (χ1v) is 16.9. The van der Waals surface area contributed by atoms with Crippen LogP contribution in [0, 0.1) is 17.0 Å². The Bertz CT molecular complexity index is 1260. The zero-order valence-corrected chi connectivity index (χ0v) is 28.1. The molecule has 1 saturated carbocycles. The zero-order chi connectivity index (χ0) is 35.2. The largest absolute Gasteiger partial charge is 0.748 e. The molecule has 1 aromatic rings. The molecule has 15 heteroatoms. The zero-order valence-electron chi connectivity index (χ0n) is 28.1. The van der Waals surface area contributed by atoms with Crippen LogP contribution >= 0.6 is 0 Å². The maximum Gasteiger partial charge on any atom is 0.290 e. The third kappa shape index (κ3) is 11.4. The number of rotatable bonds is 18. The summed E-state index contributed by atoms with van der Waals surface area (Å²) >= 11 is 0. The monoisotopic (exact) mass is 672 g/mol. The van der Waals surface area contributed by atoms with Crippen molar-refractivity contribution in [3.05, 3.63) is 41.1 Å². The molecule has 48 heavy (non-hydrogen) atoms. The summed E-state index contributed by atoms with van der Waals surface area (Å²) in [5, 5.41) is 20.1. The number of nitrogens with one attached hydrogen (secondary N) is 4. The minimum absolute atomic E-state index is 0.102. The lowest BCUT2D eigenvalue weighted by atomic mass is 9.83. The van der Waals surface area contributed by atoms with Gasteiger partial charge in [0.1, 0.15) is 18.1 Å². The third-order valence-electron chi connectivity index (χ3n) is 8.56. The Morgan fingerprint density at radius 1 is 1.00 bits per heavy atom. The number of primary amides is 1. The molecule has 266 valence electrons. The molecule has 3 unspecified atom stereocenters. The summed E-state index contributed by atoms with van der Waals surface area (Å²) in [6.07, 6.45) is 5.90. The standard InChI is InChI=1S/C33H50N7O8/c1-4-12-24(29(42)32(45)35-19-26(41)37-27(30(34)43)22-13-7-5-8-14-22)36-31(44)25-17-11-18-39(25)33(46)28(23-15-9-6-10-16-23)38-40(47)48-20-21(2)3/h5,7-8,13-14,21,23-25,27-28,38H,4,6,9-12,15-20H2,1-3H3,(H2,34,43)(H,35,45)(H,36,44)(H,37,41)/q-1/t24?,25-,27?,28?/m0/s1. The van der Waals surface area contributed by atoms with E-state index in [0.717, 1.165) is 32.1 Å². The maximum absolute atomic E-state index is 13.9. The number of carbonyl (C=O) groups is 6. The highest BCUT2D eigenvalue weighted by Gasteiger charge is 2.41. The Hall–Kier alpha value is -3.92. The molecule has 1 heterocycles. The van der Waals surface area contributed by atoms with Gasteiger partial charge in [-0.15, -0.1) is 0 Å². The molecule has 0 bridgehead atoms. The molecule has 1 aliphatic carbocycles. The summed E-state index contributed by atoms with van der Waals surface area (Å²) in [7, 11) is 0. The van der Waals surface area contributed by atoms with Gasteiger partial charge >= 0.3 is 0 Å². The van der Waals surface area contributed by atoms with Gasteiger partial charge in [0.25, 0.3) is 5.91 Å². The summed E-state index contributed by atoms with van der Waals surface area (Å²) in [4.78, 5) is 84.5. The normalized spacial score (nSPS) is 18.6. The number of hydrazine groups is 1. The molecular formula is C33H50N7O8-. The number of amides is 5. The quantitative estimate of drug-likeness (QED) is 0.111. The van der Waals surface area contributed by atoms with Crippen LogP contribution in [0.2, 0.25) is 0 Å². The number of carbonyl (C=O) groups excluding carboxylic acids is 6. The van der Waals surface area contributed by atoms with Crippen molar-refractivity contribution in [2.45, 2.75) is 103 Å². The maximum atomic E-state index is 13.9. The average molecular weight is 673 g/mol. The molecule has 1 saturated heterocycles. The molecule has 15 nitrogen and oxygen atoms in total. The van der Waals surface area contributed by atoms with Gasteiger partial charge in [-0.25, -0.2) is 5.43 Å².